The van der Waals surface area contributed by atoms with E-state index in [-0.39, 0.29) is 0 Å². The fourth-order valence-electron chi connectivity index (χ4n) is 3.06. The molecule has 2 N–H and O–H groups in total. The standard InChI is InChI=1S/C19H22N2S/c1-13-7-5-11-17(14(13)2)20-19(22)21-18-12-6-9-15-8-3-4-10-16(15)18/h5-7,9,11-12H,3-4,8,10H2,1-2H3,(H2,20,21,22). The predicted octanol–water partition coefficient (Wildman–Crippen LogP) is 4.99. The number of thiocarbonyl (C=S) groups is 1. The van der Waals surface area contributed by atoms with Crippen LogP contribution < -0.4 is 10.6 Å². The predicted molar refractivity (Wildman–Crippen MR) is 98.8 cm³/mol. The molecule has 3 heteroatoms. The van der Waals surface area contributed by atoms with Crippen molar-refractivity contribution >= 4 is 28.7 Å². The van der Waals surface area contributed by atoms with Gasteiger partial charge in [-0.3, -0.25) is 0 Å². The molecule has 2 aromatic carbocycles. The molecule has 3 rings (SSSR count). The van der Waals surface area contributed by atoms with E-state index in [1.807, 2.05) is 0 Å². The van der Waals surface area contributed by atoms with Crippen molar-refractivity contribution in [1.29, 1.82) is 0 Å². The Balaban J connectivity index is 1.76. The van der Waals surface area contributed by atoms with Crippen molar-refractivity contribution in [2.24, 2.45) is 0 Å². The Hall–Kier alpha value is -1.87. The van der Waals surface area contributed by atoms with Crippen LogP contribution in [-0.2, 0) is 12.8 Å². The topological polar surface area (TPSA) is 24.1 Å². The summed E-state index contributed by atoms with van der Waals surface area (Å²) in [5.41, 5.74) is 7.62. The number of aryl methyl sites for hydroxylation is 2. The summed E-state index contributed by atoms with van der Waals surface area (Å²) in [7, 11) is 0. The van der Waals surface area contributed by atoms with E-state index in [1.54, 1.807) is 0 Å². The number of fused-ring (bicyclic) bond motifs is 1. The van der Waals surface area contributed by atoms with Gasteiger partial charge in [0.25, 0.3) is 0 Å². The van der Waals surface area contributed by atoms with Crippen LogP contribution in [-0.4, -0.2) is 5.11 Å². The normalized spacial score (nSPS) is 13.4. The molecule has 0 aromatic heterocycles. The Morgan fingerprint density at radius 3 is 2.45 bits per heavy atom. The number of hydrogen-bond donors (Lipinski definition) is 2. The second kappa shape index (κ2) is 6.49. The van der Waals surface area contributed by atoms with Crippen molar-refractivity contribution < 1.29 is 0 Å². The molecule has 114 valence electrons. The third-order valence-electron chi connectivity index (χ3n) is 4.50. The molecule has 0 spiro atoms. The van der Waals surface area contributed by atoms with Crippen LogP contribution in [0.3, 0.4) is 0 Å². The highest BCUT2D eigenvalue weighted by molar-refractivity contribution is 7.80. The van der Waals surface area contributed by atoms with Gasteiger partial charge in [-0.25, -0.2) is 0 Å². The first-order valence-electron chi connectivity index (χ1n) is 7.90. The van der Waals surface area contributed by atoms with E-state index in [0.29, 0.717) is 5.11 Å². The molecule has 0 aliphatic heterocycles. The first-order valence-corrected chi connectivity index (χ1v) is 8.31. The van der Waals surface area contributed by atoms with Gasteiger partial charge >= 0.3 is 0 Å². The molecular formula is C19H22N2S. The van der Waals surface area contributed by atoms with Crippen molar-refractivity contribution in [3.63, 3.8) is 0 Å². The molecule has 2 aromatic rings. The molecular weight excluding hydrogens is 288 g/mol. The Morgan fingerprint density at radius 2 is 1.59 bits per heavy atom. The Kier molecular flexibility index (Phi) is 4.44. The minimum Gasteiger partial charge on any atom is -0.332 e. The molecule has 0 radical (unpaired) electrons. The Labute approximate surface area is 137 Å². The maximum Gasteiger partial charge on any atom is 0.175 e. The lowest BCUT2D eigenvalue weighted by atomic mass is 9.90. The molecule has 0 atom stereocenters. The Bertz CT molecular complexity index is 707. The molecule has 0 fully saturated rings. The monoisotopic (exact) mass is 310 g/mol. The summed E-state index contributed by atoms with van der Waals surface area (Å²) < 4.78 is 0. The van der Waals surface area contributed by atoms with Crippen LogP contribution in [0, 0.1) is 13.8 Å². The zero-order valence-electron chi connectivity index (χ0n) is 13.2. The van der Waals surface area contributed by atoms with Crippen LogP contribution >= 0.6 is 12.2 Å². The summed E-state index contributed by atoms with van der Waals surface area (Å²) in [6.45, 7) is 4.23. The molecule has 0 unspecified atom stereocenters. The van der Waals surface area contributed by atoms with Crippen LogP contribution in [0.2, 0.25) is 0 Å². The number of benzene rings is 2. The highest BCUT2D eigenvalue weighted by atomic mass is 32.1. The van der Waals surface area contributed by atoms with Gasteiger partial charge in [-0.1, -0.05) is 24.3 Å². The Morgan fingerprint density at radius 1 is 0.909 bits per heavy atom. The van der Waals surface area contributed by atoms with Gasteiger partial charge in [0.05, 0.1) is 0 Å². The van der Waals surface area contributed by atoms with Gasteiger partial charge in [-0.2, -0.15) is 0 Å². The van der Waals surface area contributed by atoms with Crippen LogP contribution in [0.1, 0.15) is 35.1 Å². The van der Waals surface area contributed by atoms with E-state index in [4.69, 9.17) is 12.2 Å². The minimum absolute atomic E-state index is 0.660. The molecule has 0 heterocycles. The summed E-state index contributed by atoms with van der Waals surface area (Å²) in [5.74, 6) is 0. The SMILES string of the molecule is Cc1cccc(NC(=S)Nc2cccc3c2CCCC3)c1C. The molecule has 1 aliphatic carbocycles. The number of anilines is 2. The van der Waals surface area contributed by atoms with Crippen LogP contribution in [0.4, 0.5) is 11.4 Å². The summed E-state index contributed by atoms with van der Waals surface area (Å²) in [6, 6.07) is 12.7. The lowest BCUT2D eigenvalue weighted by Crippen LogP contribution is -2.21. The highest BCUT2D eigenvalue weighted by Crippen LogP contribution is 2.28. The van der Waals surface area contributed by atoms with E-state index >= 15 is 0 Å². The summed E-state index contributed by atoms with van der Waals surface area (Å²) >= 11 is 5.50. The maximum atomic E-state index is 5.50. The van der Waals surface area contributed by atoms with Gasteiger partial charge < -0.3 is 10.6 Å². The maximum absolute atomic E-state index is 5.50. The number of nitrogens with one attached hydrogen (secondary N) is 2. The smallest absolute Gasteiger partial charge is 0.175 e. The summed E-state index contributed by atoms with van der Waals surface area (Å²) in [5, 5.41) is 7.37. The van der Waals surface area contributed by atoms with Crippen LogP contribution in [0.15, 0.2) is 36.4 Å². The zero-order chi connectivity index (χ0) is 15.5. The number of rotatable bonds is 2. The quantitative estimate of drug-likeness (QED) is 0.764. The van der Waals surface area contributed by atoms with Gasteiger partial charge in [0.1, 0.15) is 0 Å². The van der Waals surface area contributed by atoms with Gasteiger partial charge in [0.2, 0.25) is 0 Å². The van der Waals surface area contributed by atoms with Crippen LogP contribution in [0.5, 0.6) is 0 Å². The third kappa shape index (κ3) is 3.14. The average Bonchev–Trinajstić information content (AvgIpc) is 2.52. The van der Waals surface area contributed by atoms with E-state index in [9.17, 15) is 0 Å². The van der Waals surface area contributed by atoms with Gasteiger partial charge in [-0.05, 0) is 86.1 Å². The first kappa shape index (κ1) is 15.0. The van der Waals surface area contributed by atoms with Crippen molar-refractivity contribution in [2.75, 3.05) is 10.6 Å². The lowest BCUT2D eigenvalue weighted by molar-refractivity contribution is 0.687. The van der Waals surface area contributed by atoms with Crippen LogP contribution in [0.25, 0.3) is 0 Å². The fourth-order valence-corrected chi connectivity index (χ4v) is 3.28. The average molecular weight is 310 g/mol. The first-order chi connectivity index (χ1) is 10.6. The fraction of sp³-hybridized carbons (Fsp3) is 0.316. The molecule has 0 amide bonds. The highest BCUT2D eigenvalue weighted by Gasteiger charge is 2.13. The minimum atomic E-state index is 0.660. The van der Waals surface area contributed by atoms with Crippen molar-refractivity contribution in [1.82, 2.24) is 0 Å². The molecule has 1 aliphatic rings. The van der Waals surface area contributed by atoms with Gasteiger partial charge in [0.15, 0.2) is 5.11 Å². The van der Waals surface area contributed by atoms with Gasteiger partial charge in [0, 0.05) is 11.4 Å². The van der Waals surface area contributed by atoms with E-state index < -0.39 is 0 Å². The second-order valence-corrected chi connectivity index (χ2v) is 6.39. The summed E-state index contributed by atoms with van der Waals surface area (Å²) in [6.07, 6.45) is 4.89. The number of hydrogen-bond acceptors (Lipinski definition) is 1. The molecule has 0 bridgehead atoms. The largest absolute Gasteiger partial charge is 0.332 e. The molecule has 2 nitrogen and oxygen atoms in total. The van der Waals surface area contributed by atoms with Crippen molar-refractivity contribution in [3.8, 4) is 0 Å². The molecule has 22 heavy (non-hydrogen) atoms. The lowest BCUT2D eigenvalue weighted by Gasteiger charge is -2.21. The van der Waals surface area contributed by atoms with E-state index in [1.165, 1.54) is 41.5 Å². The van der Waals surface area contributed by atoms with Crippen molar-refractivity contribution in [2.45, 2.75) is 39.5 Å². The van der Waals surface area contributed by atoms with E-state index in [2.05, 4.69) is 60.9 Å². The molecule has 0 saturated carbocycles. The third-order valence-corrected chi connectivity index (χ3v) is 4.70. The second-order valence-electron chi connectivity index (χ2n) is 5.98. The summed E-state index contributed by atoms with van der Waals surface area (Å²) in [4.78, 5) is 0. The van der Waals surface area contributed by atoms with Gasteiger partial charge in [-0.15, -0.1) is 0 Å². The zero-order valence-corrected chi connectivity index (χ0v) is 14.0. The van der Waals surface area contributed by atoms with Crippen molar-refractivity contribution in [3.05, 3.63) is 58.7 Å². The van der Waals surface area contributed by atoms with E-state index in [0.717, 1.165) is 17.8 Å². The molecule has 0 saturated heterocycles.